The Kier molecular flexibility index (Phi) is 8.07. The first kappa shape index (κ1) is 24.0. The van der Waals surface area contributed by atoms with E-state index >= 15 is 0 Å². The van der Waals surface area contributed by atoms with Gasteiger partial charge in [0.1, 0.15) is 17.5 Å². The first-order chi connectivity index (χ1) is 15.3. The first-order valence-electron chi connectivity index (χ1n) is 11.5. The first-order valence-corrected chi connectivity index (χ1v) is 11.5. The van der Waals surface area contributed by atoms with Gasteiger partial charge in [-0.05, 0) is 51.2 Å². The van der Waals surface area contributed by atoms with Gasteiger partial charge in [0.2, 0.25) is 11.8 Å². The fraction of sp³-hybridized carbons (Fsp3) is 0.560. The Labute approximate surface area is 189 Å². The molecule has 1 aromatic carbocycles. The average Bonchev–Trinajstić information content (AvgIpc) is 3.16. The number of rotatable bonds is 9. The number of aryl methyl sites for hydroxylation is 2. The van der Waals surface area contributed by atoms with Gasteiger partial charge in [-0.25, -0.2) is 9.78 Å². The van der Waals surface area contributed by atoms with E-state index in [4.69, 9.17) is 9.15 Å². The largest absolute Gasteiger partial charge is 0.480 e. The molecular formula is C25H34N2O5. The molecule has 7 nitrogen and oxygen atoms in total. The molecule has 174 valence electrons. The second kappa shape index (κ2) is 10.8. The SMILES string of the molecule is CCC(C)[C@H](NC(=O)[C@@H]1CCC[C@H](OCc2nc(-c3ccc(C)cc3)oc2C)C1)C(=O)O. The van der Waals surface area contributed by atoms with E-state index < -0.39 is 12.0 Å². The number of carboxylic acid groups (broad SMARTS) is 1. The van der Waals surface area contributed by atoms with Crippen molar-refractivity contribution in [1.29, 1.82) is 0 Å². The third-order valence-electron chi connectivity index (χ3n) is 6.42. The number of nitrogens with zero attached hydrogens (tertiary/aromatic N) is 1. The molecule has 1 fully saturated rings. The molecule has 1 aromatic heterocycles. The van der Waals surface area contributed by atoms with Crippen LogP contribution in [-0.2, 0) is 20.9 Å². The van der Waals surface area contributed by atoms with Gasteiger partial charge in [0.05, 0.1) is 12.7 Å². The number of aliphatic carboxylic acids is 1. The van der Waals surface area contributed by atoms with E-state index in [9.17, 15) is 14.7 Å². The lowest BCUT2D eigenvalue weighted by molar-refractivity contribution is -0.144. The Bertz CT molecular complexity index is 921. The summed E-state index contributed by atoms with van der Waals surface area (Å²) in [5.74, 6) is -0.228. The van der Waals surface area contributed by atoms with Crippen LogP contribution >= 0.6 is 0 Å². The Morgan fingerprint density at radius 3 is 2.62 bits per heavy atom. The van der Waals surface area contributed by atoms with Crippen LogP contribution < -0.4 is 5.32 Å². The quantitative estimate of drug-likeness (QED) is 0.586. The molecule has 0 bridgehead atoms. The molecule has 1 unspecified atom stereocenters. The van der Waals surface area contributed by atoms with E-state index in [0.717, 1.165) is 36.3 Å². The van der Waals surface area contributed by atoms with Crippen molar-refractivity contribution < 1.29 is 23.8 Å². The van der Waals surface area contributed by atoms with Crippen molar-refractivity contribution in [1.82, 2.24) is 10.3 Å². The van der Waals surface area contributed by atoms with Crippen molar-refractivity contribution in [2.75, 3.05) is 0 Å². The number of amides is 1. The molecular weight excluding hydrogens is 408 g/mol. The van der Waals surface area contributed by atoms with Crippen LogP contribution in [0.25, 0.3) is 11.5 Å². The van der Waals surface area contributed by atoms with Crippen molar-refractivity contribution in [2.24, 2.45) is 11.8 Å². The highest BCUT2D eigenvalue weighted by Crippen LogP contribution is 2.29. The molecule has 7 heteroatoms. The summed E-state index contributed by atoms with van der Waals surface area (Å²) in [6.45, 7) is 8.00. The van der Waals surface area contributed by atoms with Crippen molar-refractivity contribution in [3.63, 3.8) is 0 Å². The predicted molar refractivity (Wildman–Crippen MR) is 121 cm³/mol. The van der Waals surface area contributed by atoms with Gasteiger partial charge in [0, 0.05) is 11.5 Å². The number of carbonyl (C=O) groups excluding carboxylic acids is 1. The number of hydrogen-bond acceptors (Lipinski definition) is 5. The fourth-order valence-corrected chi connectivity index (χ4v) is 4.07. The van der Waals surface area contributed by atoms with Crippen molar-refractivity contribution in [3.05, 3.63) is 41.3 Å². The summed E-state index contributed by atoms with van der Waals surface area (Å²) >= 11 is 0. The zero-order valence-electron chi connectivity index (χ0n) is 19.4. The monoisotopic (exact) mass is 442 g/mol. The average molecular weight is 443 g/mol. The van der Waals surface area contributed by atoms with Crippen molar-refractivity contribution >= 4 is 11.9 Å². The van der Waals surface area contributed by atoms with Crippen LogP contribution in [0.15, 0.2) is 28.7 Å². The summed E-state index contributed by atoms with van der Waals surface area (Å²) in [4.78, 5) is 28.9. The maximum atomic E-state index is 12.7. The Balaban J connectivity index is 1.57. The van der Waals surface area contributed by atoms with Crippen LogP contribution in [-0.4, -0.2) is 34.1 Å². The van der Waals surface area contributed by atoms with Gasteiger partial charge in [-0.2, -0.15) is 0 Å². The summed E-state index contributed by atoms with van der Waals surface area (Å²) in [6, 6.07) is 7.16. The standard InChI is InChI=1S/C25H34N2O5/c1-5-16(3)22(25(29)30)27-23(28)19-7-6-8-20(13-19)31-14-21-17(4)32-24(26-21)18-11-9-15(2)10-12-18/h9-12,16,19-20,22H,5-8,13-14H2,1-4H3,(H,27,28)(H,29,30)/t16?,19-,20+,22+/m1/s1. The highest BCUT2D eigenvalue weighted by Gasteiger charge is 2.32. The molecule has 0 radical (unpaired) electrons. The molecule has 1 heterocycles. The molecule has 1 aliphatic carbocycles. The van der Waals surface area contributed by atoms with Crippen molar-refractivity contribution in [2.45, 2.75) is 78.6 Å². The maximum Gasteiger partial charge on any atom is 0.326 e. The van der Waals surface area contributed by atoms with Crippen LogP contribution in [0.2, 0.25) is 0 Å². The van der Waals surface area contributed by atoms with Gasteiger partial charge in [0.25, 0.3) is 0 Å². The second-order valence-corrected chi connectivity index (χ2v) is 8.89. The van der Waals surface area contributed by atoms with E-state index in [2.05, 4.69) is 10.3 Å². The van der Waals surface area contributed by atoms with Gasteiger partial charge >= 0.3 is 5.97 Å². The summed E-state index contributed by atoms with van der Waals surface area (Å²) in [5, 5.41) is 12.2. The number of nitrogens with one attached hydrogen (secondary N) is 1. The molecule has 0 aliphatic heterocycles. The van der Waals surface area contributed by atoms with Crippen LogP contribution in [0.1, 0.15) is 63.0 Å². The van der Waals surface area contributed by atoms with Crippen molar-refractivity contribution in [3.8, 4) is 11.5 Å². The topological polar surface area (TPSA) is 102 Å². The molecule has 4 atom stereocenters. The Hall–Kier alpha value is -2.67. The molecule has 0 spiro atoms. The lowest BCUT2D eigenvalue weighted by Gasteiger charge is -2.30. The summed E-state index contributed by atoms with van der Waals surface area (Å²) < 4.78 is 11.9. The smallest absolute Gasteiger partial charge is 0.326 e. The number of oxazole rings is 1. The van der Waals surface area contributed by atoms with Crippen LogP contribution in [0.5, 0.6) is 0 Å². The number of benzene rings is 1. The summed E-state index contributed by atoms with van der Waals surface area (Å²) in [5.41, 5.74) is 2.86. The van der Waals surface area contributed by atoms with Crippen LogP contribution in [0.3, 0.4) is 0 Å². The molecule has 32 heavy (non-hydrogen) atoms. The lowest BCUT2D eigenvalue weighted by atomic mass is 9.86. The van der Waals surface area contributed by atoms with Crippen LogP contribution in [0, 0.1) is 25.7 Å². The van der Waals surface area contributed by atoms with E-state index in [1.54, 1.807) is 0 Å². The number of carboxylic acids is 1. The molecule has 2 aromatic rings. The third-order valence-corrected chi connectivity index (χ3v) is 6.42. The number of aromatic nitrogens is 1. The highest BCUT2D eigenvalue weighted by molar-refractivity contribution is 5.85. The fourth-order valence-electron chi connectivity index (χ4n) is 4.07. The zero-order chi connectivity index (χ0) is 23.3. The predicted octanol–water partition coefficient (Wildman–Crippen LogP) is 4.65. The maximum absolute atomic E-state index is 12.7. The molecule has 0 saturated heterocycles. The molecule has 3 rings (SSSR count). The van der Waals surface area contributed by atoms with E-state index in [1.165, 1.54) is 5.56 Å². The minimum absolute atomic E-state index is 0.0645. The Morgan fingerprint density at radius 2 is 1.97 bits per heavy atom. The normalized spacial score (nSPS) is 20.5. The van der Waals surface area contributed by atoms with Crippen LogP contribution in [0.4, 0.5) is 0 Å². The summed E-state index contributed by atoms with van der Waals surface area (Å²) in [7, 11) is 0. The molecule has 2 N–H and O–H groups in total. The molecule has 1 aliphatic rings. The van der Waals surface area contributed by atoms with E-state index in [1.807, 2.05) is 52.0 Å². The number of ether oxygens (including phenoxy) is 1. The third kappa shape index (κ3) is 5.97. The van der Waals surface area contributed by atoms with E-state index in [-0.39, 0.29) is 23.8 Å². The van der Waals surface area contributed by atoms with Gasteiger partial charge < -0.3 is 19.6 Å². The van der Waals surface area contributed by atoms with Gasteiger partial charge in [-0.1, -0.05) is 44.4 Å². The molecule has 1 amide bonds. The molecule has 1 saturated carbocycles. The van der Waals surface area contributed by atoms with E-state index in [0.29, 0.717) is 25.3 Å². The summed E-state index contributed by atoms with van der Waals surface area (Å²) in [6.07, 6.45) is 3.70. The number of carbonyl (C=O) groups is 2. The van der Waals surface area contributed by atoms with Gasteiger partial charge in [0.15, 0.2) is 0 Å². The lowest BCUT2D eigenvalue weighted by Crippen LogP contribution is -2.48. The van der Waals surface area contributed by atoms with Gasteiger partial charge in [-0.3, -0.25) is 4.79 Å². The Morgan fingerprint density at radius 1 is 1.25 bits per heavy atom. The zero-order valence-corrected chi connectivity index (χ0v) is 19.4. The minimum atomic E-state index is -0.984. The second-order valence-electron chi connectivity index (χ2n) is 8.89. The number of hydrogen-bond donors (Lipinski definition) is 2. The van der Waals surface area contributed by atoms with Gasteiger partial charge in [-0.15, -0.1) is 0 Å². The minimum Gasteiger partial charge on any atom is -0.480 e. The highest BCUT2D eigenvalue weighted by atomic mass is 16.5.